The highest BCUT2D eigenvalue weighted by atomic mass is 15.4. The molecule has 1 rings (SSSR count). The summed E-state index contributed by atoms with van der Waals surface area (Å²) in [4.78, 5) is 5.08. The van der Waals surface area contributed by atoms with E-state index in [0.717, 1.165) is 19.8 Å². The fraction of sp³-hybridized carbons (Fsp3) is 1.00. The zero-order valence-electron chi connectivity index (χ0n) is 20.9. The molecule has 0 aromatic carbocycles. The molecule has 1 heterocycles. The van der Waals surface area contributed by atoms with Crippen molar-refractivity contribution < 1.29 is 0 Å². The van der Waals surface area contributed by atoms with Crippen LogP contribution in [0.3, 0.4) is 0 Å². The van der Waals surface area contributed by atoms with Gasteiger partial charge in [0.05, 0.1) is 6.67 Å². The molecule has 30 heavy (non-hydrogen) atoms. The Hall–Kier alpha value is -0.120. The molecule has 0 radical (unpaired) electrons. The lowest BCUT2D eigenvalue weighted by molar-refractivity contribution is 0.246. The minimum atomic E-state index is 0.799. The van der Waals surface area contributed by atoms with Crippen LogP contribution in [0.1, 0.15) is 135 Å². The molecular weight excluding hydrogens is 366 g/mol. The van der Waals surface area contributed by atoms with Crippen LogP contribution in [0, 0.1) is 0 Å². The van der Waals surface area contributed by atoms with Crippen molar-refractivity contribution in [1.82, 2.24) is 9.80 Å². The third kappa shape index (κ3) is 17.5. The topological polar surface area (TPSA) is 32.5 Å². The Bertz CT molecular complexity index is 334. The van der Waals surface area contributed by atoms with Gasteiger partial charge in [0.1, 0.15) is 0 Å². The number of nitrogens with two attached hydrogens (primary N) is 1. The van der Waals surface area contributed by atoms with E-state index in [1.54, 1.807) is 0 Å². The first-order valence-corrected chi connectivity index (χ1v) is 14.0. The second-order valence-electron chi connectivity index (χ2n) is 9.88. The molecule has 0 bridgehead atoms. The fourth-order valence-corrected chi connectivity index (χ4v) is 4.85. The molecule has 3 nitrogen and oxygen atoms in total. The van der Waals surface area contributed by atoms with Gasteiger partial charge in [-0.05, 0) is 13.0 Å². The van der Waals surface area contributed by atoms with Crippen molar-refractivity contribution in [2.75, 3.05) is 39.4 Å². The standard InChI is InChI=1S/C27H57N3/c1-2-3-4-5-6-7-8-9-10-11-12-13-14-15-16-17-18-19-20-21-23-29-25-26-30(27-29)24-22-28/h2-28H2,1H3. The first-order chi connectivity index (χ1) is 14.9. The van der Waals surface area contributed by atoms with E-state index < -0.39 is 0 Å². The Balaban J connectivity index is 1.67. The van der Waals surface area contributed by atoms with E-state index in [4.69, 9.17) is 5.73 Å². The van der Waals surface area contributed by atoms with Gasteiger partial charge in [0.15, 0.2) is 0 Å². The van der Waals surface area contributed by atoms with Gasteiger partial charge in [-0.3, -0.25) is 9.80 Å². The second-order valence-corrected chi connectivity index (χ2v) is 9.88. The smallest absolute Gasteiger partial charge is 0.0507 e. The molecule has 0 aromatic heterocycles. The number of rotatable bonds is 23. The van der Waals surface area contributed by atoms with Crippen molar-refractivity contribution >= 4 is 0 Å². The van der Waals surface area contributed by atoms with Crippen molar-refractivity contribution in [3.63, 3.8) is 0 Å². The molecule has 0 atom stereocenters. The van der Waals surface area contributed by atoms with Gasteiger partial charge in [-0.15, -0.1) is 0 Å². The van der Waals surface area contributed by atoms with Gasteiger partial charge >= 0.3 is 0 Å². The molecule has 0 amide bonds. The highest BCUT2D eigenvalue weighted by Gasteiger charge is 2.17. The lowest BCUT2D eigenvalue weighted by Crippen LogP contribution is -2.30. The highest BCUT2D eigenvalue weighted by Crippen LogP contribution is 2.15. The number of unbranched alkanes of at least 4 members (excludes halogenated alkanes) is 19. The van der Waals surface area contributed by atoms with E-state index >= 15 is 0 Å². The molecule has 1 aliphatic rings. The summed E-state index contributed by atoms with van der Waals surface area (Å²) in [5.41, 5.74) is 5.65. The second kappa shape index (κ2) is 22.1. The SMILES string of the molecule is CCCCCCCCCCCCCCCCCCCCCCN1CCN(CCN)C1. The number of hydrogen-bond donors (Lipinski definition) is 1. The minimum absolute atomic E-state index is 0.799. The molecule has 1 fully saturated rings. The summed E-state index contributed by atoms with van der Waals surface area (Å²) in [6, 6.07) is 0. The van der Waals surface area contributed by atoms with Gasteiger partial charge in [-0.25, -0.2) is 0 Å². The summed E-state index contributed by atoms with van der Waals surface area (Å²) >= 11 is 0. The maximum atomic E-state index is 5.65. The zero-order chi connectivity index (χ0) is 21.5. The third-order valence-corrected chi connectivity index (χ3v) is 6.91. The molecule has 0 spiro atoms. The Labute approximate surface area is 190 Å². The monoisotopic (exact) mass is 423 g/mol. The molecule has 180 valence electrons. The lowest BCUT2D eigenvalue weighted by Gasteiger charge is -2.17. The van der Waals surface area contributed by atoms with E-state index in [9.17, 15) is 0 Å². The van der Waals surface area contributed by atoms with Crippen LogP contribution in [0.25, 0.3) is 0 Å². The molecule has 1 saturated heterocycles. The van der Waals surface area contributed by atoms with Gasteiger partial charge < -0.3 is 5.73 Å². The zero-order valence-corrected chi connectivity index (χ0v) is 20.9. The Kier molecular flexibility index (Phi) is 20.6. The van der Waals surface area contributed by atoms with Crippen LogP contribution in [0.15, 0.2) is 0 Å². The van der Waals surface area contributed by atoms with E-state index in [2.05, 4.69) is 16.7 Å². The van der Waals surface area contributed by atoms with Crippen LogP contribution in [0.4, 0.5) is 0 Å². The van der Waals surface area contributed by atoms with Crippen LogP contribution in [0.2, 0.25) is 0 Å². The molecule has 0 unspecified atom stereocenters. The highest BCUT2D eigenvalue weighted by molar-refractivity contribution is 4.71. The van der Waals surface area contributed by atoms with E-state index in [0.29, 0.717) is 0 Å². The predicted octanol–water partition coefficient (Wildman–Crippen LogP) is 7.34. The normalized spacial score (nSPS) is 15.4. The summed E-state index contributed by atoms with van der Waals surface area (Å²) in [5, 5.41) is 0. The van der Waals surface area contributed by atoms with Crippen molar-refractivity contribution in [3.8, 4) is 0 Å². The first-order valence-electron chi connectivity index (χ1n) is 14.0. The minimum Gasteiger partial charge on any atom is -0.329 e. The quantitative estimate of drug-likeness (QED) is 0.174. The van der Waals surface area contributed by atoms with Crippen molar-refractivity contribution in [2.45, 2.75) is 135 Å². The van der Waals surface area contributed by atoms with Gasteiger partial charge in [0.25, 0.3) is 0 Å². The van der Waals surface area contributed by atoms with Crippen LogP contribution >= 0.6 is 0 Å². The lowest BCUT2D eigenvalue weighted by atomic mass is 10.0. The van der Waals surface area contributed by atoms with Crippen molar-refractivity contribution in [3.05, 3.63) is 0 Å². The van der Waals surface area contributed by atoms with Crippen LogP contribution in [-0.2, 0) is 0 Å². The van der Waals surface area contributed by atoms with Gasteiger partial charge in [0.2, 0.25) is 0 Å². The molecule has 0 aromatic rings. The van der Waals surface area contributed by atoms with Crippen LogP contribution in [0.5, 0.6) is 0 Å². The first kappa shape index (κ1) is 27.9. The van der Waals surface area contributed by atoms with Crippen LogP contribution in [-0.4, -0.2) is 49.2 Å². The Morgan fingerprint density at radius 2 is 0.800 bits per heavy atom. The molecule has 2 N–H and O–H groups in total. The maximum Gasteiger partial charge on any atom is 0.0507 e. The molecular formula is C27H57N3. The summed E-state index contributed by atoms with van der Waals surface area (Å²) in [5.74, 6) is 0. The average molecular weight is 424 g/mol. The average Bonchev–Trinajstić information content (AvgIpc) is 3.20. The van der Waals surface area contributed by atoms with E-state index in [1.807, 2.05) is 0 Å². The summed E-state index contributed by atoms with van der Waals surface area (Å²) in [7, 11) is 0. The Morgan fingerprint density at radius 1 is 0.467 bits per heavy atom. The number of hydrogen-bond acceptors (Lipinski definition) is 3. The predicted molar refractivity (Wildman–Crippen MR) is 135 cm³/mol. The molecule has 0 saturated carbocycles. The van der Waals surface area contributed by atoms with Gasteiger partial charge in [-0.1, -0.05) is 129 Å². The summed E-state index contributed by atoms with van der Waals surface area (Å²) in [6.45, 7) is 9.07. The third-order valence-electron chi connectivity index (χ3n) is 6.91. The molecule has 1 aliphatic heterocycles. The van der Waals surface area contributed by atoms with Gasteiger partial charge in [0, 0.05) is 26.2 Å². The van der Waals surface area contributed by atoms with E-state index in [1.165, 1.54) is 148 Å². The number of nitrogens with zero attached hydrogens (tertiary/aromatic N) is 2. The maximum absolute atomic E-state index is 5.65. The Morgan fingerprint density at radius 3 is 1.17 bits per heavy atom. The summed E-state index contributed by atoms with van der Waals surface area (Å²) in [6.07, 6.45) is 29.2. The fourth-order valence-electron chi connectivity index (χ4n) is 4.85. The molecule has 3 heteroatoms. The van der Waals surface area contributed by atoms with E-state index in [-0.39, 0.29) is 0 Å². The van der Waals surface area contributed by atoms with Gasteiger partial charge in [-0.2, -0.15) is 0 Å². The van der Waals surface area contributed by atoms with Crippen molar-refractivity contribution in [1.29, 1.82) is 0 Å². The van der Waals surface area contributed by atoms with Crippen LogP contribution < -0.4 is 5.73 Å². The largest absolute Gasteiger partial charge is 0.329 e. The van der Waals surface area contributed by atoms with Crippen molar-refractivity contribution in [2.24, 2.45) is 5.73 Å². The summed E-state index contributed by atoms with van der Waals surface area (Å²) < 4.78 is 0. The molecule has 0 aliphatic carbocycles.